The number of rotatable bonds is 3. The van der Waals surface area contributed by atoms with Gasteiger partial charge in [-0.1, -0.05) is 12.1 Å². The van der Waals surface area contributed by atoms with Gasteiger partial charge < -0.3 is 15.5 Å². The van der Waals surface area contributed by atoms with Crippen molar-refractivity contribution in [2.75, 3.05) is 31.1 Å². The Morgan fingerprint density at radius 3 is 2.33 bits per heavy atom. The van der Waals surface area contributed by atoms with E-state index in [0.717, 1.165) is 0 Å². The Hall–Kier alpha value is -1.04. The van der Waals surface area contributed by atoms with Crippen molar-refractivity contribution < 1.29 is 9.18 Å². The first-order valence-corrected chi connectivity index (χ1v) is 6.61. The van der Waals surface area contributed by atoms with Crippen molar-refractivity contribution in [3.8, 4) is 0 Å². The van der Waals surface area contributed by atoms with Crippen molar-refractivity contribution in [1.29, 1.82) is 0 Å². The fraction of sp³-hybridized carbons (Fsp3) is 0.500. The van der Waals surface area contributed by atoms with E-state index in [4.69, 9.17) is 5.73 Å². The van der Waals surface area contributed by atoms with Crippen LogP contribution in [0.25, 0.3) is 0 Å². The Balaban J connectivity index is 0.00000200. The van der Waals surface area contributed by atoms with Crippen molar-refractivity contribution in [2.45, 2.75) is 19.4 Å². The van der Waals surface area contributed by atoms with Crippen LogP contribution < -0.4 is 10.6 Å². The van der Waals surface area contributed by atoms with Gasteiger partial charge in [0.25, 0.3) is 0 Å². The number of carbonyl (C=O) groups excluding carboxylic acids is 1. The molecule has 0 saturated carbocycles. The number of nitrogens with two attached hydrogens (primary N) is 1. The van der Waals surface area contributed by atoms with E-state index in [9.17, 15) is 9.18 Å². The van der Waals surface area contributed by atoms with Gasteiger partial charge in [0.1, 0.15) is 5.82 Å². The highest BCUT2D eigenvalue weighted by Gasteiger charge is 2.22. The number of benzene rings is 1. The molecule has 1 unspecified atom stereocenters. The molecule has 0 aliphatic carbocycles. The lowest BCUT2D eigenvalue weighted by atomic mass is 10.2. The van der Waals surface area contributed by atoms with E-state index in [0.29, 0.717) is 38.3 Å². The van der Waals surface area contributed by atoms with Crippen LogP contribution in [0.5, 0.6) is 0 Å². The van der Waals surface area contributed by atoms with Crippen LogP contribution in [0, 0.1) is 5.82 Å². The number of nitrogens with zero attached hydrogens (tertiary/aromatic N) is 2. The molecule has 0 bridgehead atoms. The molecule has 1 amide bonds. The van der Waals surface area contributed by atoms with Crippen molar-refractivity contribution in [2.24, 2.45) is 5.73 Å². The summed E-state index contributed by atoms with van der Waals surface area (Å²) < 4.78 is 13.7. The summed E-state index contributed by atoms with van der Waals surface area (Å²) in [5, 5.41) is 0. The predicted molar refractivity (Wildman–Crippen MR) is 88.0 cm³/mol. The molecule has 0 radical (unpaired) electrons. The molecule has 1 fully saturated rings. The van der Waals surface area contributed by atoms with Crippen molar-refractivity contribution in [3.05, 3.63) is 30.1 Å². The van der Waals surface area contributed by atoms with Gasteiger partial charge in [-0.2, -0.15) is 0 Å². The molecule has 0 aromatic heterocycles. The summed E-state index contributed by atoms with van der Waals surface area (Å²) in [5.41, 5.74) is 6.24. The molecule has 2 rings (SSSR count). The molecule has 1 aromatic carbocycles. The molecule has 7 heteroatoms. The van der Waals surface area contributed by atoms with Crippen LogP contribution in [-0.2, 0) is 4.79 Å². The van der Waals surface area contributed by atoms with Crippen molar-refractivity contribution in [1.82, 2.24) is 4.90 Å². The first-order chi connectivity index (χ1) is 9.08. The maximum atomic E-state index is 13.7. The normalized spacial score (nSPS) is 15.8. The number of anilines is 1. The van der Waals surface area contributed by atoms with E-state index in [1.165, 1.54) is 6.07 Å². The predicted octanol–water partition coefficient (Wildman–Crippen LogP) is 2.06. The van der Waals surface area contributed by atoms with Crippen LogP contribution >= 0.6 is 24.8 Å². The van der Waals surface area contributed by atoms with Crippen molar-refractivity contribution >= 4 is 36.4 Å². The maximum absolute atomic E-state index is 13.7. The smallest absolute Gasteiger partial charge is 0.224 e. The van der Waals surface area contributed by atoms with Gasteiger partial charge in [-0.15, -0.1) is 24.8 Å². The first-order valence-electron chi connectivity index (χ1n) is 6.61. The second-order valence-corrected chi connectivity index (χ2v) is 5.00. The van der Waals surface area contributed by atoms with Crippen LogP contribution in [0.3, 0.4) is 0 Å². The summed E-state index contributed by atoms with van der Waals surface area (Å²) in [4.78, 5) is 15.7. The third-order valence-electron chi connectivity index (χ3n) is 3.32. The number of halogens is 3. The zero-order valence-electron chi connectivity index (χ0n) is 12.0. The minimum absolute atomic E-state index is 0. The van der Waals surface area contributed by atoms with Gasteiger partial charge in [0, 0.05) is 38.6 Å². The summed E-state index contributed by atoms with van der Waals surface area (Å²) in [7, 11) is 0. The average molecular weight is 338 g/mol. The molecule has 120 valence electrons. The van der Waals surface area contributed by atoms with Gasteiger partial charge in [-0.3, -0.25) is 4.79 Å². The second kappa shape index (κ2) is 9.07. The minimum atomic E-state index is -0.210. The van der Waals surface area contributed by atoms with Crippen LogP contribution in [0.1, 0.15) is 13.3 Å². The number of amides is 1. The zero-order valence-corrected chi connectivity index (χ0v) is 13.6. The SMILES string of the molecule is CC(N)CC(=O)N1CCN(c2ccccc2F)CC1.Cl.Cl. The second-order valence-electron chi connectivity index (χ2n) is 5.00. The molecule has 2 N–H and O–H groups in total. The monoisotopic (exact) mass is 337 g/mol. The molecule has 1 aromatic rings. The number of hydrogen-bond donors (Lipinski definition) is 1. The van der Waals surface area contributed by atoms with E-state index in [-0.39, 0.29) is 42.6 Å². The highest BCUT2D eigenvalue weighted by atomic mass is 35.5. The number of piperazine rings is 1. The number of para-hydroxylation sites is 1. The van der Waals surface area contributed by atoms with E-state index in [2.05, 4.69) is 0 Å². The molecule has 1 saturated heterocycles. The summed E-state index contributed by atoms with van der Waals surface area (Å²) >= 11 is 0. The molecule has 1 heterocycles. The average Bonchev–Trinajstić information content (AvgIpc) is 2.39. The third kappa shape index (κ3) is 5.34. The highest BCUT2D eigenvalue weighted by Crippen LogP contribution is 2.20. The number of carbonyl (C=O) groups is 1. The molecular formula is C14H22Cl2FN3O. The summed E-state index contributed by atoms with van der Waals surface area (Å²) in [5.74, 6) is -0.124. The third-order valence-corrected chi connectivity index (χ3v) is 3.32. The first kappa shape index (κ1) is 20.0. The van der Waals surface area contributed by atoms with Gasteiger partial charge in [-0.25, -0.2) is 4.39 Å². The maximum Gasteiger partial charge on any atom is 0.224 e. The standard InChI is InChI=1S/C14H20FN3O.2ClH/c1-11(16)10-14(19)18-8-6-17(7-9-18)13-5-3-2-4-12(13)15;;/h2-5,11H,6-10,16H2,1H3;2*1H. The Kier molecular flexibility index (Phi) is 8.63. The topological polar surface area (TPSA) is 49.6 Å². The van der Waals surface area contributed by atoms with E-state index < -0.39 is 0 Å². The van der Waals surface area contributed by atoms with Gasteiger partial charge in [-0.05, 0) is 19.1 Å². The Morgan fingerprint density at radius 1 is 1.24 bits per heavy atom. The van der Waals surface area contributed by atoms with Crippen LogP contribution in [0.4, 0.5) is 10.1 Å². The zero-order chi connectivity index (χ0) is 13.8. The van der Waals surface area contributed by atoms with E-state index in [1.807, 2.05) is 17.9 Å². The van der Waals surface area contributed by atoms with E-state index >= 15 is 0 Å². The molecule has 1 aliphatic heterocycles. The summed E-state index contributed by atoms with van der Waals surface area (Å²) in [6, 6.07) is 6.63. The van der Waals surface area contributed by atoms with Crippen LogP contribution in [-0.4, -0.2) is 43.0 Å². The molecule has 0 spiro atoms. The lowest BCUT2D eigenvalue weighted by Crippen LogP contribution is -2.49. The molecule has 4 nitrogen and oxygen atoms in total. The van der Waals surface area contributed by atoms with Gasteiger partial charge in [0.15, 0.2) is 0 Å². The summed E-state index contributed by atoms with van der Waals surface area (Å²) in [6.45, 7) is 4.39. The quantitative estimate of drug-likeness (QED) is 0.918. The van der Waals surface area contributed by atoms with Gasteiger partial charge in [0.2, 0.25) is 5.91 Å². The Bertz CT molecular complexity index is 452. The fourth-order valence-electron chi connectivity index (χ4n) is 2.31. The summed E-state index contributed by atoms with van der Waals surface area (Å²) in [6.07, 6.45) is 0.375. The molecule has 1 atom stereocenters. The minimum Gasteiger partial charge on any atom is -0.366 e. The largest absolute Gasteiger partial charge is 0.366 e. The van der Waals surface area contributed by atoms with Crippen LogP contribution in [0.2, 0.25) is 0 Å². The lowest BCUT2D eigenvalue weighted by Gasteiger charge is -2.36. The lowest BCUT2D eigenvalue weighted by molar-refractivity contribution is -0.131. The Morgan fingerprint density at radius 2 is 1.81 bits per heavy atom. The van der Waals surface area contributed by atoms with Crippen LogP contribution in [0.15, 0.2) is 24.3 Å². The Labute approximate surface area is 137 Å². The molecule has 21 heavy (non-hydrogen) atoms. The van der Waals surface area contributed by atoms with E-state index in [1.54, 1.807) is 17.0 Å². The van der Waals surface area contributed by atoms with Gasteiger partial charge in [0.05, 0.1) is 5.69 Å². The van der Waals surface area contributed by atoms with Gasteiger partial charge >= 0.3 is 0 Å². The molecular weight excluding hydrogens is 316 g/mol. The highest BCUT2D eigenvalue weighted by molar-refractivity contribution is 5.85. The molecule has 1 aliphatic rings. The number of hydrogen-bond acceptors (Lipinski definition) is 3. The van der Waals surface area contributed by atoms with Crippen molar-refractivity contribution in [3.63, 3.8) is 0 Å². The fourth-order valence-corrected chi connectivity index (χ4v) is 2.31.